The van der Waals surface area contributed by atoms with Crippen molar-refractivity contribution in [2.45, 2.75) is 17.5 Å². The summed E-state index contributed by atoms with van der Waals surface area (Å²) in [6, 6.07) is 18.6. The lowest BCUT2D eigenvalue weighted by Gasteiger charge is -2.34. The number of rotatable bonds is 5. The lowest BCUT2D eigenvalue weighted by molar-refractivity contribution is -0.127. The number of anilines is 1. The van der Waals surface area contributed by atoms with Crippen molar-refractivity contribution in [2.24, 2.45) is 0 Å². The highest BCUT2D eigenvalue weighted by atomic mass is 32.2. The Kier molecular flexibility index (Phi) is 5.18. The summed E-state index contributed by atoms with van der Waals surface area (Å²) >= 11 is 0. The summed E-state index contributed by atoms with van der Waals surface area (Å²) in [5.74, 6) is -0.0450. The molecule has 0 bridgehead atoms. The van der Waals surface area contributed by atoms with Crippen LogP contribution in [0.15, 0.2) is 84.0 Å². The van der Waals surface area contributed by atoms with Crippen molar-refractivity contribution in [1.29, 1.82) is 0 Å². The number of hydrogen-bond acceptors (Lipinski definition) is 5. The van der Waals surface area contributed by atoms with Crippen LogP contribution in [0.4, 0.5) is 5.69 Å². The minimum atomic E-state index is -3.85. The van der Waals surface area contributed by atoms with Crippen LogP contribution in [0.2, 0.25) is 0 Å². The molecule has 3 aromatic rings. The molecule has 8 heteroatoms. The van der Waals surface area contributed by atoms with Gasteiger partial charge in [0.25, 0.3) is 15.9 Å². The highest BCUT2D eigenvalue weighted by Gasteiger charge is 2.37. The second-order valence-electron chi connectivity index (χ2n) is 6.50. The largest absolute Gasteiger partial charge is 0.476 e. The smallest absolute Gasteiger partial charge is 0.264 e. The molecule has 2 aromatic carbocycles. The first-order valence-corrected chi connectivity index (χ1v) is 10.5. The zero-order chi connectivity index (χ0) is 20.3. The first kappa shape index (κ1) is 18.9. The monoisotopic (exact) mass is 409 g/mol. The van der Waals surface area contributed by atoms with Gasteiger partial charge in [0.15, 0.2) is 6.10 Å². The Morgan fingerprint density at radius 3 is 2.59 bits per heavy atom. The number of benzene rings is 2. The molecule has 1 N–H and O–H groups in total. The van der Waals surface area contributed by atoms with Crippen molar-refractivity contribution in [3.8, 4) is 5.75 Å². The van der Waals surface area contributed by atoms with Gasteiger partial charge in [-0.25, -0.2) is 8.42 Å². The summed E-state index contributed by atoms with van der Waals surface area (Å²) in [6.07, 6.45) is 2.34. The van der Waals surface area contributed by atoms with Crippen molar-refractivity contribution in [3.63, 3.8) is 0 Å². The highest BCUT2D eigenvalue weighted by Crippen LogP contribution is 2.36. The maximum absolute atomic E-state index is 13.2. The molecule has 4 rings (SSSR count). The molecule has 1 aliphatic heterocycles. The quantitative estimate of drug-likeness (QED) is 0.699. The average Bonchev–Trinajstić information content (AvgIpc) is 2.78. The van der Waals surface area contributed by atoms with E-state index in [9.17, 15) is 13.2 Å². The standard InChI is InChI=1S/C21H19N3O4S/c25-21(23-14-16-7-6-12-22-13-16)20-15-24(18-10-4-5-11-19(18)28-20)29(26,27)17-8-2-1-3-9-17/h1-13,20H,14-15H2,(H,23,25). The Labute approximate surface area is 169 Å². The lowest BCUT2D eigenvalue weighted by atomic mass is 10.2. The van der Waals surface area contributed by atoms with Gasteiger partial charge in [0.05, 0.1) is 17.1 Å². The average molecular weight is 409 g/mol. The van der Waals surface area contributed by atoms with E-state index in [-0.39, 0.29) is 18.0 Å². The number of nitrogens with one attached hydrogen (secondary N) is 1. The van der Waals surface area contributed by atoms with E-state index in [2.05, 4.69) is 10.3 Å². The molecular weight excluding hydrogens is 390 g/mol. The molecule has 1 unspecified atom stereocenters. The van der Waals surface area contributed by atoms with E-state index in [4.69, 9.17) is 4.74 Å². The molecule has 1 atom stereocenters. The minimum Gasteiger partial charge on any atom is -0.476 e. The van der Waals surface area contributed by atoms with Crippen LogP contribution in [0, 0.1) is 0 Å². The first-order chi connectivity index (χ1) is 14.1. The number of para-hydroxylation sites is 2. The molecule has 1 aliphatic rings. The van der Waals surface area contributed by atoms with Crippen molar-refractivity contribution < 1.29 is 17.9 Å². The number of amides is 1. The lowest BCUT2D eigenvalue weighted by Crippen LogP contribution is -2.50. The van der Waals surface area contributed by atoms with E-state index in [0.29, 0.717) is 11.4 Å². The Balaban J connectivity index is 1.60. The molecule has 7 nitrogen and oxygen atoms in total. The van der Waals surface area contributed by atoms with Crippen molar-refractivity contribution in [2.75, 3.05) is 10.8 Å². The summed E-state index contributed by atoms with van der Waals surface area (Å²) < 4.78 is 33.5. The van der Waals surface area contributed by atoms with Gasteiger partial charge in [0.2, 0.25) is 0 Å². The third-order valence-electron chi connectivity index (χ3n) is 4.55. The van der Waals surface area contributed by atoms with Crippen molar-refractivity contribution in [3.05, 3.63) is 84.7 Å². The van der Waals surface area contributed by atoms with E-state index >= 15 is 0 Å². The minimum absolute atomic E-state index is 0.118. The molecule has 148 valence electrons. The number of hydrogen-bond donors (Lipinski definition) is 1. The van der Waals surface area contributed by atoms with Crippen LogP contribution in [0.3, 0.4) is 0 Å². The Hall–Kier alpha value is -3.39. The van der Waals surface area contributed by atoms with E-state index in [1.54, 1.807) is 60.9 Å². The van der Waals surface area contributed by atoms with Gasteiger partial charge < -0.3 is 10.1 Å². The summed E-state index contributed by atoms with van der Waals surface area (Å²) in [5.41, 5.74) is 1.25. The van der Waals surface area contributed by atoms with E-state index in [1.165, 1.54) is 16.4 Å². The predicted octanol–water partition coefficient (Wildman–Crippen LogP) is 2.35. The molecule has 1 aromatic heterocycles. The topological polar surface area (TPSA) is 88.6 Å². The molecule has 0 fully saturated rings. The second kappa shape index (κ2) is 7.92. The number of carbonyl (C=O) groups excluding carboxylic acids is 1. The van der Waals surface area contributed by atoms with Gasteiger partial charge in [-0.2, -0.15) is 0 Å². The highest BCUT2D eigenvalue weighted by molar-refractivity contribution is 7.92. The fourth-order valence-corrected chi connectivity index (χ4v) is 4.59. The van der Waals surface area contributed by atoms with E-state index < -0.39 is 22.0 Å². The zero-order valence-corrected chi connectivity index (χ0v) is 16.2. The summed E-state index contributed by atoms with van der Waals surface area (Å²) in [6.45, 7) is 0.159. The molecule has 0 aliphatic carbocycles. The SMILES string of the molecule is O=C(NCc1cccnc1)C1CN(S(=O)(=O)c2ccccc2)c2ccccc2O1. The number of sulfonamides is 1. The van der Waals surface area contributed by atoms with Gasteiger partial charge in [0, 0.05) is 18.9 Å². The van der Waals surface area contributed by atoms with Gasteiger partial charge >= 0.3 is 0 Å². The van der Waals surface area contributed by atoms with Gasteiger partial charge in [-0.1, -0.05) is 36.4 Å². The molecule has 0 radical (unpaired) electrons. The van der Waals surface area contributed by atoms with Crippen LogP contribution < -0.4 is 14.4 Å². The van der Waals surface area contributed by atoms with Gasteiger partial charge in [0.1, 0.15) is 5.75 Å². The molecule has 0 saturated heterocycles. The number of fused-ring (bicyclic) bond motifs is 1. The zero-order valence-electron chi connectivity index (χ0n) is 15.4. The molecule has 2 heterocycles. The molecule has 29 heavy (non-hydrogen) atoms. The van der Waals surface area contributed by atoms with Gasteiger partial charge in [-0.15, -0.1) is 0 Å². The van der Waals surface area contributed by atoms with Crippen LogP contribution in [-0.4, -0.2) is 32.0 Å². The van der Waals surface area contributed by atoms with Gasteiger partial charge in [-0.3, -0.25) is 14.1 Å². The number of aromatic nitrogens is 1. The summed E-state index contributed by atoms with van der Waals surface area (Å²) in [7, 11) is -3.85. The summed E-state index contributed by atoms with van der Waals surface area (Å²) in [5, 5.41) is 2.79. The third-order valence-corrected chi connectivity index (χ3v) is 6.34. The molecule has 0 saturated carbocycles. The maximum atomic E-state index is 13.2. The fraction of sp³-hybridized carbons (Fsp3) is 0.143. The number of pyridine rings is 1. The number of carbonyl (C=O) groups is 1. The maximum Gasteiger partial charge on any atom is 0.264 e. The first-order valence-electron chi connectivity index (χ1n) is 9.06. The van der Waals surface area contributed by atoms with Crippen molar-refractivity contribution in [1.82, 2.24) is 10.3 Å². The fourth-order valence-electron chi connectivity index (χ4n) is 3.09. The Morgan fingerprint density at radius 1 is 1.07 bits per heavy atom. The number of ether oxygens (including phenoxy) is 1. The van der Waals surface area contributed by atoms with Crippen LogP contribution in [0.5, 0.6) is 5.75 Å². The normalized spacial score (nSPS) is 15.9. The van der Waals surface area contributed by atoms with Gasteiger partial charge in [-0.05, 0) is 35.9 Å². The second-order valence-corrected chi connectivity index (χ2v) is 8.36. The van der Waals surface area contributed by atoms with Crippen LogP contribution >= 0.6 is 0 Å². The summed E-state index contributed by atoms with van der Waals surface area (Å²) in [4.78, 5) is 16.9. The number of nitrogens with zero attached hydrogens (tertiary/aromatic N) is 2. The Bertz CT molecular complexity index is 1110. The van der Waals surface area contributed by atoms with E-state index in [0.717, 1.165) is 5.56 Å². The van der Waals surface area contributed by atoms with Crippen LogP contribution in [-0.2, 0) is 21.4 Å². The molecule has 0 spiro atoms. The molecular formula is C21H19N3O4S. The molecule has 1 amide bonds. The van der Waals surface area contributed by atoms with Crippen molar-refractivity contribution >= 4 is 21.6 Å². The predicted molar refractivity (Wildman–Crippen MR) is 108 cm³/mol. The van der Waals surface area contributed by atoms with Crippen LogP contribution in [0.1, 0.15) is 5.56 Å². The third kappa shape index (κ3) is 3.93. The Morgan fingerprint density at radius 2 is 1.83 bits per heavy atom. The van der Waals surface area contributed by atoms with E-state index in [1.807, 2.05) is 6.07 Å². The van der Waals surface area contributed by atoms with Crippen LogP contribution in [0.25, 0.3) is 0 Å².